The molecule has 0 radical (unpaired) electrons. The van der Waals surface area contributed by atoms with Gasteiger partial charge in [-0.2, -0.15) is 0 Å². The summed E-state index contributed by atoms with van der Waals surface area (Å²) in [6.45, 7) is 3.79. The Morgan fingerprint density at radius 2 is 2.39 bits per heavy atom. The Morgan fingerprint density at radius 3 is 3.06 bits per heavy atom. The molecule has 1 unspecified atom stereocenters. The number of nitrogens with zero attached hydrogens (tertiary/aromatic N) is 1. The van der Waals surface area contributed by atoms with E-state index in [0.717, 1.165) is 35.5 Å². The van der Waals surface area contributed by atoms with Crippen molar-refractivity contribution in [1.29, 1.82) is 0 Å². The maximum atomic E-state index is 5.78. The van der Waals surface area contributed by atoms with Crippen molar-refractivity contribution in [3.8, 4) is 5.75 Å². The van der Waals surface area contributed by atoms with Crippen molar-refractivity contribution in [3.05, 3.63) is 28.2 Å². The number of nitrogens with two attached hydrogens (primary N) is 1. The zero-order valence-electron chi connectivity index (χ0n) is 10.6. The lowest BCUT2D eigenvalue weighted by atomic mass is 10.2. The number of benzene rings is 1. The lowest BCUT2D eigenvalue weighted by Crippen LogP contribution is -2.42. The second-order valence-corrected chi connectivity index (χ2v) is 5.39. The van der Waals surface area contributed by atoms with Gasteiger partial charge in [-0.05, 0) is 40.7 Å². The number of hydrogen-bond donors (Lipinski definition) is 1. The van der Waals surface area contributed by atoms with Crippen LogP contribution in [-0.4, -0.2) is 44.4 Å². The largest absolute Gasteiger partial charge is 0.490 e. The smallest absolute Gasteiger partial charge is 0.133 e. The van der Waals surface area contributed by atoms with E-state index in [0.29, 0.717) is 13.2 Å². The normalized spacial score (nSPS) is 20.9. The van der Waals surface area contributed by atoms with Crippen molar-refractivity contribution >= 4 is 15.9 Å². The number of ether oxygens (including phenoxy) is 2. The van der Waals surface area contributed by atoms with Crippen molar-refractivity contribution in [1.82, 2.24) is 4.90 Å². The van der Waals surface area contributed by atoms with Gasteiger partial charge in [-0.1, -0.05) is 6.07 Å². The van der Waals surface area contributed by atoms with Crippen LogP contribution < -0.4 is 10.5 Å². The zero-order valence-corrected chi connectivity index (χ0v) is 12.1. The van der Waals surface area contributed by atoms with Gasteiger partial charge in [0.25, 0.3) is 0 Å². The van der Waals surface area contributed by atoms with Gasteiger partial charge in [0, 0.05) is 19.6 Å². The molecular formula is C13H19BrN2O2. The molecule has 1 aliphatic heterocycles. The number of rotatable bonds is 4. The Bertz CT molecular complexity index is 401. The highest BCUT2D eigenvalue weighted by atomic mass is 79.9. The van der Waals surface area contributed by atoms with Gasteiger partial charge in [0.15, 0.2) is 0 Å². The third-order valence-corrected chi connectivity index (χ3v) is 3.62. The molecule has 5 heteroatoms. The minimum atomic E-state index is 0.143. The molecular weight excluding hydrogens is 296 g/mol. The lowest BCUT2D eigenvalue weighted by molar-refractivity contribution is -0.0404. The fraction of sp³-hybridized carbons (Fsp3) is 0.538. The van der Waals surface area contributed by atoms with Crippen LogP contribution in [0.15, 0.2) is 22.7 Å². The van der Waals surface area contributed by atoms with E-state index in [1.807, 2.05) is 18.2 Å². The van der Waals surface area contributed by atoms with E-state index >= 15 is 0 Å². The van der Waals surface area contributed by atoms with Crippen LogP contribution in [0.2, 0.25) is 0 Å². The van der Waals surface area contributed by atoms with Gasteiger partial charge in [0.2, 0.25) is 0 Å². The average molecular weight is 315 g/mol. The van der Waals surface area contributed by atoms with Crippen LogP contribution in [0.1, 0.15) is 5.56 Å². The minimum Gasteiger partial charge on any atom is -0.490 e. The monoisotopic (exact) mass is 314 g/mol. The fourth-order valence-corrected chi connectivity index (χ4v) is 2.48. The molecule has 4 nitrogen and oxygen atoms in total. The van der Waals surface area contributed by atoms with Crippen molar-refractivity contribution in [3.63, 3.8) is 0 Å². The predicted octanol–water partition coefficient (Wildman–Crippen LogP) is 1.62. The first kappa shape index (κ1) is 13.8. The molecule has 1 saturated heterocycles. The maximum absolute atomic E-state index is 5.78. The second-order valence-electron chi connectivity index (χ2n) is 4.53. The van der Waals surface area contributed by atoms with Crippen LogP contribution in [0.3, 0.4) is 0 Å². The maximum Gasteiger partial charge on any atom is 0.133 e. The van der Waals surface area contributed by atoms with E-state index in [9.17, 15) is 0 Å². The van der Waals surface area contributed by atoms with Crippen molar-refractivity contribution in [2.24, 2.45) is 5.73 Å². The third kappa shape index (κ3) is 3.68. The highest BCUT2D eigenvalue weighted by Gasteiger charge is 2.18. The Kier molecular flexibility index (Phi) is 5.00. The highest BCUT2D eigenvalue weighted by molar-refractivity contribution is 9.10. The van der Waals surface area contributed by atoms with Crippen molar-refractivity contribution in [2.45, 2.75) is 12.6 Å². The number of hydrogen-bond acceptors (Lipinski definition) is 4. The molecule has 0 saturated carbocycles. The van der Waals surface area contributed by atoms with Gasteiger partial charge in [-0.3, -0.25) is 0 Å². The molecule has 1 aliphatic rings. The Labute approximate surface area is 116 Å². The second kappa shape index (κ2) is 6.52. The highest BCUT2D eigenvalue weighted by Crippen LogP contribution is 2.26. The van der Waals surface area contributed by atoms with Gasteiger partial charge in [-0.25, -0.2) is 0 Å². The molecule has 2 rings (SSSR count). The third-order valence-electron chi connectivity index (χ3n) is 3.00. The molecule has 0 bridgehead atoms. The standard InChI is InChI=1S/C13H19BrN2O2/c1-16-4-5-17-11(8-16)9-18-13-3-2-10(7-15)6-12(13)14/h2-3,6,11H,4-5,7-9,15H2,1H3. The zero-order chi connectivity index (χ0) is 13.0. The minimum absolute atomic E-state index is 0.143. The van der Waals surface area contributed by atoms with Crippen LogP contribution >= 0.6 is 15.9 Å². The molecule has 1 aromatic carbocycles. The van der Waals surface area contributed by atoms with Gasteiger partial charge >= 0.3 is 0 Å². The van der Waals surface area contributed by atoms with Gasteiger partial charge in [0.05, 0.1) is 11.1 Å². The molecule has 18 heavy (non-hydrogen) atoms. The van der Waals surface area contributed by atoms with Gasteiger partial charge < -0.3 is 20.1 Å². The molecule has 2 N–H and O–H groups in total. The van der Waals surface area contributed by atoms with Crippen LogP contribution in [0.25, 0.3) is 0 Å². The number of morpholine rings is 1. The van der Waals surface area contributed by atoms with Crippen LogP contribution in [0.5, 0.6) is 5.75 Å². The molecule has 1 heterocycles. The molecule has 100 valence electrons. The summed E-state index contributed by atoms with van der Waals surface area (Å²) in [6, 6.07) is 5.91. The van der Waals surface area contributed by atoms with E-state index in [4.69, 9.17) is 15.2 Å². The Balaban J connectivity index is 1.89. The van der Waals surface area contributed by atoms with Crippen molar-refractivity contribution in [2.75, 3.05) is 33.4 Å². The fourth-order valence-electron chi connectivity index (χ4n) is 1.94. The summed E-state index contributed by atoms with van der Waals surface area (Å²) in [7, 11) is 2.10. The van der Waals surface area contributed by atoms with Gasteiger partial charge in [-0.15, -0.1) is 0 Å². The summed E-state index contributed by atoms with van der Waals surface area (Å²) in [4.78, 5) is 2.25. The SMILES string of the molecule is CN1CCOC(COc2ccc(CN)cc2Br)C1. The van der Waals surface area contributed by atoms with Crippen LogP contribution in [-0.2, 0) is 11.3 Å². The van der Waals surface area contributed by atoms with E-state index < -0.39 is 0 Å². The molecule has 1 atom stereocenters. The van der Waals surface area contributed by atoms with Gasteiger partial charge in [0.1, 0.15) is 18.5 Å². The average Bonchev–Trinajstić information content (AvgIpc) is 2.37. The molecule has 0 amide bonds. The number of halogens is 1. The molecule has 0 aromatic heterocycles. The summed E-state index contributed by atoms with van der Waals surface area (Å²) in [6.07, 6.45) is 0.143. The summed E-state index contributed by atoms with van der Waals surface area (Å²) < 4.78 is 12.4. The molecule has 1 aromatic rings. The molecule has 0 spiro atoms. The summed E-state index contributed by atoms with van der Waals surface area (Å²) in [5.74, 6) is 0.837. The summed E-state index contributed by atoms with van der Waals surface area (Å²) in [5.41, 5.74) is 6.67. The predicted molar refractivity (Wildman–Crippen MR) is 74.8 cm³/mol. The van der Waals surface area contributed by atoms with E-state index in [-0.39, 0.29) is 6.10 Å². The van der Waals surface area contributed by atoms with E-state index in [2.05, 4.69) is 27.9 Å². The first-order chi connectivity index (χ1) is 8.69. The van der Waals surface area contributed by atoms with Crippen molar-refractivity contribution < 1.29 is 9.47 Å². The Morgan fingerprint density at radius 1 is 1.56 bits per heavy atom. The first-order valence-electron chi connectivity index (χ1n) is 6.10. The van der Waals surface area contributed by atoms with Crippen LogP contribution in [0, 0.1) is 0 Å². The quantitative estimate of drug-likeness (QED) is 0.917. The topological polar surface area (TPSA) is 47.7 Å². The summed E-state index contributed by atoms with van der Waals surface area (Å²) in [5, 5.41) is 0. The van der Waals surface area contributed by atoms with Crippen LogP contribution in [0.4, 0.5) is 0 Å². The lowest BCUT2D eigenvalue weighted by Gasteiger charge is -2.29. The molecule has 0 aliphatic carbocycles. The molecule has 1 fully saturated rings. The number of likely N-dealkylation sites (N-methyl/N-ethyl adjacent to an activating group) is 1. The van der Waals surface area contributed by atoms with E-state index in [1.165, 1.54) is 0 Å². The summed E-state index contributed by atoms with van der Waals surface area (Å²) >= 11 is 3.49. The first-order valence-corrected chi connectivity index (χ1v) is 6.90. The van der Waals surface area contributed by atoms with E-state index in [1.54, 1.807) is 0 Å². The Hall–Kier alpha value is -0.620.